The van der Waals surface area contributed by atoms with Gasteiger partial charge in [0, 0.05) is 21.4 Å². The van der Waals surface area contributed by atoms with Crippen molar-refractivity contribution in [3.05, 3.63) is 52.1 Å². The Balaban J connectivity index is 2.23. The van der Waals surface area contributed by atoms with Crippen molar-refractivity contribution in [3.8, 4) is 0 Å². The SMILES string of the molecule is CCCc1cc(C(=O)Nc2cccc(Br)c2)cc(NN)n1. The number of nitrogens with zero attached hydrogens (tertiary/aromatic N) is 1. The van der Waals surface area contributed by atoms with Gasteiger partial charge in [0.05, 0.1) is 0 Å². The highest BCUT2D eigenvalue weighted by atomic mass is 79.9. The molecule has 0 aliphatic heterocycles. The molecule has 1 aromatic carbocycles. The third kappa shape index (κ3) is 4.27. The van der Waals surface area contributed by atoms with Crippen LogP contribution in [-0.4, -0.2) is 10.9 Å². The normalized spacial score (nSPS) is 10.2. The molecule has 0 aliphatic rings. The molecule has 0 radical (unpaired) electrons. The topological polar surface area (TPSA) is 80.0 Å². The number of hydrazine groups is 1. The van der Waals surface area contributed by atoms with E-state index in [0.29, 0.717) is 11.4 Å². The lowest BCUT2D eigenvalue weighted by molar-refractivity contribution is 0.102. The summed E-state index contributed by atoms with van der Waals surface area (Å²) in [5, 5.41) is 2.85. The van der Waals surface area contributed by atoms with E-state index in [1.54, 1.807) is 12.1 Å². The smallest absolute Gasteiger partial charge is 0.255 e. The number of rotatable bonds is 5. The minimum Gasteiger partial charge on any atom is -0.322 e. The predicted molar refractivity (Wildman–Crippen MR) is 88.1 cm³/mol. The molecule has 5 nitrogen and oxygen atoms in total. The highest BCUT2D eigenvalue weighted by Crippen LogP contribution is 2.18. The maximum atomic E-state index is 12.3. The average molecular weight is 349 g/mol. The molecule has 1 amide bonds. The van der Waals surface area contributed by atoms with Gasteiger partial charge in [0.1, 0.15) is 5.82 Å². The second-order valence-electron chi connectivity index (χ2n) is 4.59. The number of aryl methyl sites for hydroxylation is 1. The summed E-state index contributed by atoms with van der Waals surface area (Å²) in [6.45, 7) is 2.06. The van der Waals surface area contributed by atoms with Crippen molar-refractivity contribution in [1.82, 2.24) is 4.98 Å². The molecule has 110 valence electrons. The maximum Gasteiger partial charge on any atom is 0.255 e. The number of pyridine rings is 1. The average Bonchev–Trinajstić information content (AvgIpc) is 2.47. The van der Waals surface area contributed by atoms with Gasteiger partial charge in [0.15, 0.2) is 0 Å². The molecule has 2 rings (SSSR count). The number of amides is 1. The Morgan fingerprint density at radius 2 is 2.14 bits per heavy atom. The van der Waals surface area contributed by atoms with Crippen LogP contribution in [0.25, 0.3) is 0 Å². The van der Waals surface area contributed by atoms with Crippen molar-refractivity contribution >= 4 is 33.3 Å². The number of carbonyl (C=O) groups excluding carboxylic acids is 1. The van der Waals surface area contributed by atoms with E-state index < -0.39 is 0 Å². The standard InChI is InChI=1S/C15H17BrN4O/c1-2-4-12-7-10(8-14(18-12)20-17)15(21)19-13-6-3-5-11(16)9-13/h3,5-9H,2,4,17H2,1H3,(H,18,20)(H,19,21). The largest absolute Gasteiger partial charge is 0.322 e. The molecule has 0 saturated heterocycles. The molecule has 4 N–H and O–H groups in total. The number of aromatic nitrogens is 1. The first-order chi connectivity index (χ1) is 10.1. The third-order valence-corrected chi connectivity index (χ3v) is 3.37. The van der Waals surface area contributed by atoms with Gasteiger partial charge in [0.25, 0.3) is 5.91 Å². The van der Waals surface area contributed by atoms with Gasteiger partial charge < -0.3 is 10.7 Å². The molecule has 0 spiro atoms. The van der Waals surface area contributed by atoms with Crippen LogP contribution in [0.4, 0.5) is 11.5 Å². The van der Waals surface area contributed by atoms with Gasteiger partial charge in [-0.1, -0.05) is 35.3 Å². The lowest BCUT2D eigenvalue weighted by Gasteiger charge is -2.09. The summed E-state index contributed by atoms with van der Waals surface area (Å²) in [5.74, 6) is 5.70. The van der Waals surface area contributed by atoms with E-state index in [9.17, 15) is 4.79 Å². The zero-order chi connectivity index (χ0) is 15.2. The number of hydrogen-bond acceptors (Lipinski definition) is 4. The number of anilines is 2. The van der Waals surface area contributed by atoms with E-state index in [1.165, 1.54) is 0 Å². The Hall–Kier alpha value is -1.92. The molecular formula is C15H17BrN4O. The molecule has 0 saturated carbocycles. The molecule has 0 unspecified atom stereocenters. The molecule has 1 aromatic heterocycles. The molecule has 0 atom stereocenters. The van der Waals surface area contributed by atoms with Crippen LogP contribution in [-0.2, 0) is 6.42 Å². The summed E-state index contributed by atoms with van der Waals surface area (Å²) >= 11 is 3.38. The first-order valence-corrected chi connectivity index (χ1v) is 7.46. The summed E-state index contributed by atoms with van der Waals surface area (Å²) < 4.78 is 0.908. The molecule has 0 bridgehead atoms. The fraction of sp³-hybridized carbons (Fsp3) is 0.200. The fourth-order valence-electron chi connectivity index (χ4n) is 1.95. The predicted octanol–water partition coefficient (Wildman–Crippen LogP) is 3.33. The second-order valence-corrected chi connectivity index (χ2v) is 5.51. The second kappa shape index (κ2) is 7.19. The van der Waals surface area contributed by atoms with Crippen LogP contribution in [0.1, 0.15) is 29.4 Å². The van der Waals surface area contributed by atoms with Crippen molar-refractivity contribution < 1.29 is 4.79 Å². The van der Waals surface area contributed by atoms with Crippen LogP contribution in [0, 0.1) is 0 Å². The van der Waals surface area contributed by atoms with Crippen molar-refractivity contribution in [2.75, 3.05) is 10.7 Å². The van der Waals surface area contributed by atoms with Crippen LogP contribution in [0.3, 0.4) is 0 Å². The number of nitrogens with two attached hydrogens (primary N) is 1. The molecule has 0 fully saturated rings. The summed E-state index contributed by atoms with van der Waals surface area (Å²) in [6.07, 6.45) is 1.75. The maximum absolute atomic E-state index is 12.3. The van der Waals surface area contributed by atoms with E-state index >= 15 is 0 Å². The van der Waals surface area contributed by atoms with Gasteiger partial charge in [-0.3, -0.25) is 4.79 Å². The molecule has 21 heavy (non-hydrogen) atoms. The first kappa shape index (κ1) is 15.5. The monoisotopic (exact) mass is 348 g/mol. The highest BCUT2D eigenvalue weighted by Gasteiger charge is 2.10. The summed E-state index contributed by atoms with van der Waals surface area (Å²) in [6, 6.07) is 10.9. The Kier molecular flexibility index (Phi) is 5.30. The van der Waals surface area contributed by atoms with E-state index in [0.717, 1.165) is 28.7 Å². The minimum absolute atomic E-state index is 0.190. The van der Waals surface area contributed by atoms with Gasteiger partial charge in [-0.05, 0) is 36.8 Å². The van der Waals surface area contributed by atoms with Crippen LogP contribution in [0.5, 0.6) is 0 Å². The number of carbonyl (C=O) groups is 1. The van der Waals surface area contributed by atoms with Gasteiger partial charge in [0.2, 0.25) is 0 Å². The van der Waals surface area contributed by atoms with E-state index in [4.69, 9.17) is 5.84 Å². The van der Waals surface area contributed by atoms with Gasteiger partial charge in [-0.15, -0.1) is 0 Å². The summed E-state index contributed by atoms with van der Waals surface area (Å²) in [4.78, 5) is 16.6. The lowest BCUT2D eigenvalue weighted by Crippen LogP contribution is -2.15. The fourth-order valence-corrected chi connectivity index (χ4v) is 2.35. The molecule has 0 aliphatic carbocycles. The van der Waals surface area contributed by atoms with Crippen LogP contribution in [0.15, 0.2) is 40.9 Å². The van der Waals surface area contributed by atoms with Crippen molar-refractivity contribution in [2.45, 2.75) is 19.8 Å². The van der Waals surface area contributed by atoms with Crippen molar-refractivity contribution in [3.63, 3.8) is 0 Å². The zero-order valence-electron chi connectivity index (χ0n) is 11.7. The quantitative estimate of drug-likeness (QED) is 0.571. The summed E-state index contributed by atoms with van der Waals surface area (Å²) in [5.41, 5.74) is 4.59. The number of benzene rings is 1. The van der Waals surface area contributed by atoms with Gasteiger partial charge >= 0.3 is 0 Å². The van der Waals surface area contributed by atoms with Crippen molar-refractivity contribution in [2.24, 2.45) is 5.84 Å². The molecule has 6 heteroatoms. The van der Waals surface area contributed by atoms with Gasteiger partial charge in [-0.2, -0.15) is 0 Å². The lowest BCUT2D eigenvalue weighted by atomic mass is 10.1. The van der Waals surface area contributed by atoms with E-state index in [2.05, 4.69) is 38.6 Å². The number of nitrogen functional groups attached to an aromatic ring is 1. The van der Waals surface area contributed by atoms with Gasteiger partial charge in [-0.25, -0.2) is 10.8 Å². The minimum atomic E-state index is -0.190. The van der Waals surface area contributed by atoms with E-state index in [-0.39, 0.29) is 5.91 Å². The molecule has 1 heterocycles. The van der Waals surface area contributed by atoms with E-state index in [1.807, 2.05) is 24.3 Å². The first-order valence-electron chi connectivity index (χ1n) is 6.67. The highest BCUT2D eigenvalue weighted by molar-refractivity contribution is 9.10. The van der Waals surface area contributed by atoms with Crippen LogP contribution in [0.2, 0.25) is 0 Å². The van der Waals surface area contributed by atoms with Crippen LogP contribution >= 0.6 is 15.9 Å². The zero-order valence-corrected chi connectivity index (χ0v) is 13.3. The number of halogens is 1. The molecule has 2 aromatic rings. The Labute approximate surface area is 132 Å². The Bertz CT molecular complexity index is 645. The Morgan fingerprint density at radius 1 is 1.33 bits per heavy atom. The third-order valence-electron chi connectivity index (χ3n) is 2.88. The van der Waals surface area contributed by atoms with Crippen LogP contribution < -0.4 is 16.6 Å². The molecular weight excluding hydrogens is 332 g/mol. The number of nitrogens with one attached hydrogen (secondary N) is 2. The summed E-state index contributed by atoms with van der Waals surface area (Å²) in [7, 11) is 0. The Morgan fingerprint density at radius 3 is 2.81 bits per heavy atom. The number of hydrogen-bond donors (Lipinski definition) is 3. The van der Waals surface area contributed by atoms with Crippen molar-refractivity contribution in [1.29, 1.82) is 0 Å².